The van der Waals surface area contributed by atoms with Crippen molar-refractivity contribution in [2.24, 2.45) is 5.73 Å². The van der Waals surface area contributed by atoms with Crippen LogP contribution in [-0.4, -0.2) is 37.0 Å². The maximum atomic E-state index is 11.8. The van der Waals surface area contributed by atoms with E-state index in [2.05, 4.69) is 0 Å². The summed E-state index contributed by atoms with van der Waals surface area (Å²) in [6.07, 6.45) is 1.51. The van der Waals surface area contributed by atoms with Crippen LogP contribution in [0.3, 0.4) is 0 Å². The lowest BCUT2D eigenvalue weighted by atomic mass is 10.0. The van der Waals surface area contributed by atoms with Gasteiger partial charge in [0.1, 0.15) is 5.75 Å². The van der Waals surface area contributed by atoms with Crippen molar-refractivity contribution in [3.63, 3.8) is 0 Å². The summed E-state index contributed by atoms with van der Waals surface area (Å²) >= 11 is 6.20. The predicted octanol–water partition coefficient (Wildman–Crippen LogP) is 2.48. The van der Waals surface area contributed by atoms with E-state index >= 15 is 0 Å². The van der Waals surface area contributed by atoms with Crippen molar-refractivity contribution in [3.05, 3.63) is 28.8 Å². The van der Waals surface area contributed by atoms with Crippen LogP contribution in [0, 0.1) is 0 Å². The van der Waals surface area contributed by atoms with Gasteiger partial charge in [-0.15, -0.1) is 0 Å². The quantitative estimate of drug-likeness (QED) is 0.841. The average molecular weight is 299 g/mol. The number of hydrogen-bond acceptors (Lipinski definition) is 3. The lowest BCUT2D eigenvalue weighted by molar-refractivity contribution is -0.131. The van der Waals surface area contributed by atoms with Crippen molar-refractivity contribution in [2.75, 3.05) is 20.2 Å². The molecular formula is C15H23ClN2O2. The Hall–Kier alpha value is -1.26. The zero-order valence-electron chi connectivity index (χ0n) is 12.4. The highest BCUT2D eigenvalue weighted by molar-refractivity contribution is 6.31. The Morgan fingerprint density at radius 1 is 1.45 bits per heavy atom. The van der Waals surface area contributed by atoms with Crippen molar-refractivity contribution in [1.29, 1.82) is 0 Å². The zero-order valence-corrected chi connectivity index (χ0v) is 13.1. The summed E-state index contributed by atoms with van der Waals surface area (Å²) in [4.78, 5) is 13.4. The largest absolute Gasteiger partial charge is 0.483 e. The predicted molar refractivity (Wildman–Crippen MR) is 82.2 cm³/mol. The Labute approximate surface area is 125 Å². The van der Waals surface area contributed by atoms with E-state index in [1.807, 2.05) is 32.0 Å². The zero-order chi connectivity index (χ0) is 15.1. The maximum absolute atomic E-state index is 11.8. The van der Waals surface area contributed by atoms with E-state index < -0.39 is 0 Å². The third-order valence-electron chi connectivity index (χ3n) is 3.32. The molecule has 0 aliphatic rings. The Balaban J connectivity index is 2.79. The van der Waals surface area contributed by atoms with Gasteiger partial charge in [-0.25, -0.2) is 0 Å². The van der Waals surface area contributed by atoms with Crippen LogP contribution in [0.2, 0.25) is 5.02 Å². The minimum atomic E-state index is -0.0572. The van der Waals surface area contributed by atoms with Crippen LogP contribution in [0.15, 0.2) is 18.2 Å². The molecule has 0 spiro atoms. The van der Waals surface area contributed by atoms with Crippen LogP contribution in [0.25, 0.3) is 0 Å². The van der Waals surface area contributed by atoms with Crippen LogP contribution >= 0.6 is 11.6 Å². The molecule has 4 nitrogen and oxygen atoms in total. The smallest absolute Gasteiger partial charge is 0.260 e. The number of hydrogen-bond donors (Lipinski definition) is 1. The molecule has 112 valence electrons. The fourth-order valence-corrected chi connectivity index (χ4v) is 1.95. The monoisotopic (exact) mass is 298 g/mol. The van der Waals surface area contributed by atoms with Gasteiger partial charge in [-0.05, 0) is 31.9 Å². The van der Waals surface area contributed by atoms with Crippen molar-refractivity contribution < 1.29 is 9.53 Å². The van der Waals surface area contributed by atoms with Crippen LogP contribution in [0.1, 0.15) is 25.8 Å². The van der Waals surface area contributed by atoms with Crippen molar-refractivity contribution in [3.8, 4) is 5.75 Å². The van der Waals surface area contributed by atoms with Gasteiger partial charge < -0.3 is 15.4 Å². The van der Waals surface area contributed by atoms with Gasteiger partial charge in [0.25, 0.3) is 5.91 Å². The summed E-state index contributed by atoms with van der Waals surface area (Å²) in [5, 5.41) is 0.627. The summed E-state index contributed by atoms with van der Waals surface area (Å²) in [5.41, 5.74) is 6.85. The van der Waals surface area contributed by atoms with E-state index in [4.69, 9.17) is 22.1 Å². The fourth-order valence-electron chi connectivity index (χ4n) is 1.70. The van der Waals surface area contributed by atoms with Gasteiger partial charge in [0.05, 0.1) is 0 Å². The molecule has 20 heavy (non-hydrogen) atoms. The Morgan fingerprint density at radius 2 is 2.15 bits per heavy atom. The lowest BCUT2D eigenvalue weighted by Gasteiger charge is -2.18. The lowest BCUT2D eigenvalue weighted by Crippen LogP contribution is -2.31. The van der Waals surface area contributed by atoms with Crippen molar-refractivity contribution in [1.82, 2.24) is 4.90 Å². The molecule has 0 heterocycles. The number of likely N-dealkylation sites (N-methyl/N-ethyl adjacent to an activating group) is 1. The van der Waals surface area contributed by atoms with Gasteiger partial charge in [0.2, 0.25) is 0 Å². The molecule has 0 radical (unpaired) electrons. The van der Waals surface area contributed by atoms with Gasteiger partial charge >= 0.3 is 0 Å². The first-order valence-corrected chi connectivity index (χ1v) is 7.27. The first kappa shape index (κ1) is 16.8. The van der Waals surface area contributed by atoms with Gasteiger partial charge in [0.15, 0.2) is 6.61 Å². The minimum absolute atomic E-state index is 0.0129. The average Bonchev–Trinajstić information content (AvgIpc) is 2.46. The van der Waals surface area contributed by atoms with Gasteiger partial charge in [-0.2, -0.15) is 0 Å². The summed E-state index contributed by atoms with van der Waals surface area (Å²) in [7, 11) is 1.75. The molecule has 1 rings (SSSR count). The summed E-state index contributed by atoms with van der Waals surface area (Å²) in [6.45, 7) is 4.62. The molecule has 0 aliphatic heterocycles. The van der Waals surface area contributed by atoms with Gasteiger partial charge in [0, 0.05) is 30.2 Å². The second-order valence-electron chi connectivity index (χ2n) is 4.79. The Morgan fingerprint density at radius 3 is 2.75 bits per heavy atom. The van der Waals surface area contributed by atoms with Gasteiger partial charge in [-0.3, -0.25) is 4.79 Å². The molecule has 1 amide bonds. The van der Waals surface area contributed by atoms with E-state index in [-0.39, 0.29) is 18.6 Å². The molecule has 0 fully saturated rings. The third kappa shape index (κ3) is 4.69. The number of benzene rings is 1. The number of halogens is 1. The van der Waals surface area contributed by atoms with E-state index in [0.717, 1.165) is 12.0 Å². The number of amides is 1. The Kier molecular flexibility index (Phi) is 6.82. The fraction of sp³-hybridized carbons (Fsp3) is 0.533. The maximum Gasteiger partial charge on any atom is 0.260 e. The first-order chi connectivity index (χ1) is 9.49. The molecule has 0 aromatic heterocycles. The van der Waals surface area contributed by atoms with Crippen LogP contribution < -0.4 is 10.5 Å². The molecule has 0 saturated carbocycles. The molecule has 0 aliphatic carbocycles. The minimum Gasteiger partial charge on any atom is -0.483 e. The molecule has 1 atom stereocenters. The second kappa shape index (κ2) is 8.12. The summed E-state index contributed by atoms with van der Waals surface area (Å²) in [6, 6.07) is 5.48. The first-order valence-electron chi connectivity index (χ1n) is 6.89. The van der Waals surface area contributed by atoms with E-state index in [9.17, 15) is 4.79 Å². The number of ether oxygens (including phenoxy) is 1. The highest BCUT2D eigenvalue weighted by atomic mass is 35.5. The summed E-state index contributed by atoms with van der Waals surface area (Å²) < 4.78 is 5.62. The Bertz CT molecular complexity index is 451. The number of carbonyl (C=O) groups is 1. The number of nitrogens with two attached hydrogens (primary N) is 1. The molecular weight excluding hydrogens is 276 g/mol. The third-order valence-corrected chi connectivity index (χ3v) is 3.67. The topological polar surface area (TPSA) is 55.6 Å². The van der Waals surface area contributed by atoms with Crippen molar-refractivity contribution >= 4 is 17.5 Å². The standard InChI is InChI=1S/C15H23ClN2O2/c1-4-11(17)9-12-13(16)7-6-8-14(12)20-10-15(19)18(3)5-2/h6-8,11H,4-5,9-10,17H2,1-3H3. The molecule has 1 aromatic carbocycles. The van der Waals surface area contributed by atoms with Gasteiger partial charge in [-0.1, -0.05) is 24.6 Å². The molecule has 1 aromatic rings. The van der Waals surface area contributed by atoms with E-state index in [1.54, 1.807) is 11.9 Å². The molecule has 1 unspecified atom stereocenters. The van der Waals surface area contributed by atoms with E-state index in [0.29, 0.717) is 23.7 Å². The van der Waals surface area contributed by atoms with Crippen molar-refractivity contribution in [2.45, 2.75) is 32.7 Å². The van der Waals surface area contributed by atoms with Crippen LogP contribution in [-0.2, 0) is 11.2 Å². The second-order valence-corrected chi connectivity index (χ2v) is 5.19. The molecule has 0 saturated heterocycles. The normalized spacial score (nSPS) is 12.1. The van der Waals surface area contributed by atoms with Crippen LogP contribution in [0.4, 0.5) is 0 Å². The highest BCUT2D eigenvalue weighted by Crippen LogP contribution is 2.28. The van der Waals surface area contributed by atoms with E-state index in [1.165, 1.54) is 0 Å². The summed E-state index contributed by atoms with van der Waals surface area (Å²) in [5.74, 6) is 0.581. The number of carbonyl (C=O) groups excluding carboxylic acids is 1. The SMILES string of the molecule is CCC(N)Cc1c(Cl)cccc1OCC(=O)N(C)CC. The number of nitrogens with zero attached hydrogens (tertiary/aromatic N) is 1. The molecule has 5 heteroatoms. The number of rotatable bonds is 7. The molecule has 2 N–H and O–H groups in total. The highest BCUT2D eigenvalue weighted by Gasteiger charge is 2.14. The molecule has 0 bridgehead atoms. The van der Waals surface area contributed by atoms with Crippen LogP contribution in [0.5, 0.6) is 5.75 Å².